The van der Waals surface area contributed by atoms with Gasteiger partial charge in [0.15, 0.2) is 5.96 Å². The summed E-state index contributed by atoms with van der Waals surface area (Å²) < 4.78 is 0. The maximum atomic E-state index is 5.88. The van der Waals surface area contributed by atoms with Crippen LogP contribution in [0.25, 0.3) is 0 Å². The van der Waals surface area contributed by atoms with Gasteiger partial charge in [0, 0.05) is 10.6 Å². The highest BCUT2D eigenvalue weighted by molar-refractivity contribution is 14.0. The van der Waals surface area contributed by atoms with E-state index in [9.17, 15) is 0 Å². The van der Waals surface area contributed by atoms with Crippen molar-refractivity contribution in [1.82, 2.24) is 4.98 Å². The molecule has 0 aliphatic heterocycles. The van der Waals surface area contributed by atoms with Gasteiger partial charge in [0.25, 0.3) is 0 Å². The number of thiazole rings is 1. The SMILES string of the molecule is Cc1cccc(NC(N)=NCc2nc(C)sc2C)c1.I. The van der Waals surface area contributed by atoms with Crippen LogP contribution in [0, 0.1) is 20.8 Å². The molecule has 0 atom stereocenters. The Labute approximate surface area is 140 Å². The highest BCUT2D eigenvalue weighted by Gasteiger charge is 2.04. The van der Waals surface area contributed by atoms with Gasteiger partial charge < -0.3 is 11.1 Å². The van der Waals surface area contributed by atoms with Gasteiger partial charge in [-0.1, -0.05) is 12.1 Å². The number of halogens is 1. The van der Waals surface area contributed by atoms with Gasteiger partial charge in [-0.15, -0.1) is 35.3 Å². The van der Waals surface area contributed by atoms with Gasteiger partial charge in [0.05, 0.1) is 17.2 Å². The van der Waals surface area contributed by atoms with Crippen molar-refractivity contribution in [2.24, 2.45) is 10.7 Å². The van der Waals surface area contributed by atoms with E-state index in [0.29, 0.717) is 12.5 Å². The first-order valence-corrected chi connectivity index (χ1v) is 6.93. The highest BCUT2D eigenvalue weighted by atomic mass is 127. The minimum absolute atomic E-state index is 0. The third kappa shape index (κ3) is 4.75. The monoisotopic (exact) mass is 402 g/mol. The third-order valence-electron chi connectivity index (χ3n) is 2.69. The number of rotatable bonds is 3. The molecule has 1 aromatic carbocycles. The molecule has 2 aromatic rings. The van der Waals surface area contributed by atoms with E-state index in [1.54, 1.807) is 11.3 Å². The van der Waals surface area contributed by atoms with Crippen molar-refractivity contribution in [3.63, 3.8) is 0 Å². The maximum absolute atomic E-state index is 5.88. The number of aryl methyl sites for hydroxylation is 3. The minimum Gasteiger partial charge on any atom is -0.370 e. The summed E-state index contributed by atoms with van der Waals surface area (Å²) in [6, 6.07) is 8.02. The van der Waals surface area contributed by atoms with Crippen LogP contribution >= 0.6 is 35.3 Å². The number of anilines is 1. The van der Waals surface area contributed by atoms with Crippen LogP contribution in [0.5, 0.6) is 0 Å². The van der Waals surface area contributed by atoms with Crippen LogP contribution in [0.3, 0.4) is 0 Å². The molecule has 108 valence electrons. The van der Waals surface area contributed by atoms with Crippen LogP contribution in [0.2, 0.25) is 0 Å². The number of aromatic nitrogens is 1. The maximum Gasteiger partial charge on any atom is 0.193 e. The van der Waals surface area contributed by atoms with Gasteiger partial charge in [-0.05, 0) is 38.5 Å². The highest BCUT2D eigenvalue weighted by Crippen LogP contribution is 2.17. The van der Waals surface area contributed by atoms with Crippen molar-refractivity contribution in [2.75, 3.05) is 5.32 Å². The molecule has 3 N–H and O–H groups in total. The van der Waals surface area contributed by atoms with Crippen molar-refractivity contribution in [3.8, 4) is 0 Å². The summed E-state index contributed by atoms with van der Waals surface area (Å²) in [5.74, 6) is 0.413. The zero-order valence-corrected chi connectivity index (χ0v) is 15.0. The molecule has 0 radical (unpaired) electrons. The largest absolute Gasteiger partial charge is 0.370 e. The molecule has 1 aromatic heterocycles. The molecule has 0 amide bonds. The second kappa shape index (κ2) is 7.58. The van der Waals surface area contributed by atoms with Gasteiger partial charge in [0.2, 0.25) is 0 Å². The molecule has 0 aliphatic rings. The van der Waals surface area contributed by atoms with Crippen molar-refractivity contribution in [2.45, 2.75) is 27.3 Å². The molecule has 0 fully saturated rings. The van der Waals surface area contributed by atoms with E-state index in [-0.39, 0.29) is 24.0 Å². The van der Waals surface area contributed by atoms with Gasteiger partial charge in [-0.3, -0.25) is 0 Å². The number of hydrogen-bond donors (Lipinski definition) is 2. The lowest BCUT2D eigenvalue weighted by molar-refractivity contribution is 0.980. The van der Waals surface area contributed by atoms with Crippen molar-refractivity contribution < 1.29 is 0 Å². The number of nitrogens with zero attached hydrogens (tertiary/aromatic N) is 2. The van der Waals surface area contributed by atoms with Crippen LogP contribution in [0.15, 0.2) is 29.3 Å². The van der Waals surface area contributed by atoms with Crippen LogP contribution in [-0.2, 0) is 6.54 Å². The van der Waals surface area contributed by atoms with E-state index < -0.39 is 0 Å². The topological polar surface area (TPSA) is 63.3 Å². The standard InChI is InChI=1S/C14H18N4S.HI/c1-9-5-4-6-12(7-9)18-14(15)16-8-13-10(2)19-11(3)17-13;/h4-7H,8H2,1-3H3,(H3,15,16,18);1H. The fourth-order valence-electron chi connectivity index (χ4n) is 1.79. The first-order valence-electron chi connectivity index (χ1n) is 6.11. The molecule has 0 unspecified atom stereocenters. The minimum atomic E-state index is 0. The Balaban J connectivity index is 0.00000200. The summed E-state index contributed by atoms with van der Waals surface area (Å²) in [4.78, 5) is 9.95. The van der Waals surface area contributed by atoms with Gasteiger partial charge >= 0.3 is 0 Å². The molecule has 6 heteroatoms. The first-order chi connectivity index (χ1) is 9.04. The fraction of sp³-hybridized carbons (Fsp3) is 0.286. The molecular formula is C14H19IN4S. The Morgan fingerprint density at radius 2 is 2.10 bits per heavy atom. The molecule has 0 aliphatic carbocycles. The average molecular weight is 402 g/mol. The molecule has 0 spiro atoms. The van der Waals surface area contributed by atoms with E-state index in [1.807, 2.05) is 38.1 Å². The van der Waals surface area contributed by atoms with E-state index in [0.717, 1.165) is 16.4 Å². The van der Waals surface area contributed by atoms with Crippen LogP contribution in [0.1, 0.15) is 21.1 Å². The zero-order chi connectivity index (χ0) is 13.8. The molecule has 20 heavy (non-hydrogen) atoms. The molecule has 4 nitrogen and oxygen atoms in total. The second-order valence-electron chi connectivity index (χ2n) is 4.43. The smallest absolute Gasteiger partial charge is 0.193 e. The molecular weight excluding hydrogens is 383 g/mol. The van der Waals surface area contributed by atoms with Gasteiger partial charge in [0.1, 0.15) is 0 Å². The number of aliphatic imine (C=N–C) groups is 1. The van der Waals surface area contributed by atoms with Gasteiger partial charge in [-0.25, -0.2) is 9.98 Å². The van der Waals surface area contributed by atoms with E-state index in [1.165, 1.54) is 10.4 Å². The van der Waals surface area contributed by atoms with Crippen molar-refractivity contribution in [3.05, 3.63) is 45.4 Å². The second-order valence-corrected chi connectivity index (χ2v) is 5.84. The molecule has 0 saturated carbocycles. The number of nitrogens with one attached hydrogen (secondary N) is 1. The Morgan fingerprint density at radius 1 is 1.35 bits per heavy atom. The number of hydrogen-bond acceptors (Lipinski definition) is 3. The van der Waals surface area contributed by atoms with Crippen molar-refractivity contribution >= 4 is 47.0 Å². The summed E-state index contributed by atoms with van der Waals surface area (Å²) in [7, 11) is 0. The van der Waals surface area contributed by atoms with Crippen molar-refractivity contribution in [1.29, 1.82) is 0 Å². The van der Waals surface area contributed by atoms with Crippen LogP contribution in [0.4, 0.5) is 5.69 Å². The summed E-state index contributed by atoms with van der Waals surface area (Å²) in [6.07, 6.45) is 0. The van der Waals surface area contributed by atoms with Crippen LogP contribution < -0.4 is 11.1 Å². The first kappa shape index (κ1) is 16.9. The fourth-order valence-corrected chi connectivity index (χ4v) is 2.62. The molecule has 2 rings (SSSR count). The lowest BCUT2D eigenvalue weighted by Crippen LogP contribution is -2.22. The normalized spacial score (nSPS) is 11.1. The Bertz CT molecular complexity index is 607. The molecule has 0 saturated heterocycles. The van der Waals surface area contributed by atoms with E-state index in [2.05, 4.69) is 22.2 Å². The quantitative estimate of drug-likeness (QED) is 0.469. The summed E-state index contributed by atoms with van der Waals surface area (Å²) in [5, 5.41) is 4.15. The van der Waals surface area contributed by atoms with Gasteiger partial charge in [-0.2, -0.15) is 0 Å². The number of nitrogens with two attached hydrogens (primary N) is 1. The summed E-state index contributed by atoms with van der Waals surface area (Å²) in [5.41, 5.74) is 9.01. The lowest BCUT2D eigenvalue weighted by atomic mass is 10.2. The molecule has 1 heterocycles. The van der Waals surface area contributed by atoms with E-state index >= 15 is 0 Å². The zero-order valence-electron chi connectivity index (χ0n) is 11.8. The Hall–Kier alpha value is -1.15. The lowest BCUT2D eigenvalue weighted by Gasteiger charge is -2.06. The average Bonchev–Trinajstić information content (AvgIpc) is 2.65. The predicted molar refractivity (Wildman–Crippen MR) is 97.1 cm³/mol. The summed E-state index contributed by atoms with van der Waals surface area (Å²) >= 11 is 1.69. The Morgan fingerprint density at radius 3 is 2.70 bits per heavy atom. The number of benzene rings is 1. The Kier molecular flexibility index (Phi) is 6.41. The summed E-state index contributed by atoms with van der Waals surface area (Å²) in [6.45, 7) is 6.61. The van der Waals surface area contributed by atoms with E-state index in [4.69, 9.17) is 5.73 Å². The predicted octanol–water partition coefficient (Wildman–Crippen LogP) is 3.61. The molecule has 0 bridgehead atoms. The third-order valence-corrected chi connectivity index (χ3v) is 3.62. The van der Waals surface area contributed by atoms with Crippen LogP contribution in [-0.4, -0.2) is 10.9 Å². The number of guanidine groups is 1.